The van der Waals surface area contributed by atoms with Gasteiger partial charge < -0.3 is 10.4 Å². The molecule has 0 spiro atoms. The van der Waals surface area contributed by atoms with Crippen LogP contribution in [0.25, 0.3) is 4.91 Å². The van der Waals surface area contributed by atoms with E-state index in [9.17, 15) is 22.8 Å². The van der Waals surface area contributed by atoms with Gasteiger partial charge in [0.05, 0.1) is 12.8 Å². The molecule has 8 nitrogen and oxygen atoms in total. The van der Waals surface area contributed by atoms with E-state index in [1.54, 1.807) is 48.5 Å². The minimum Gasteiger partial charge on any atom is -0.481 e. The molecular formula is C21H20N2O6S. The number of carboxylic acid groups (broad SMARTS) is 1. The van der Waals surface area contributed by atoms with Crippen molar-refractivity contribution >= 4 is 32.7 Å². The van der Waals surface area contributed by atoms with Crippen molar-refractivity contribution in [1.29, 1.82) is 0 Å². The molecule has 1 heterocycles. The molecule has 0 radical (unpaired) electrons. The Bertz CT molecular complexity index is 1120. The topological polar surface area (TPSA) is 130 Å². The average molecular weight is 428 g/mol. The van der Waals surface area contributed by atoms with E-state index < -0.39 is 21.9 Å². The van der Waals surface area contributed by atoms with Crippen LogP contribution in [0, 0.1) is 0 Å². The fraction of sp³-hybridized carbons (Fsp3) is 0.190. The molecule has 0 aromatic heterocycles. The van der Waals surface area contributed by atoms with Gasteiger partial charge in [0.1, 0.15) is 4.91 Å². The van der Waals surface area contributed by atoms with Crippen molar-refractivity contribution in [3.8, 4) is 0 Å². The van der Waals surface area contributed by atoms with E-state index in [1.807, 2.05) is 4.72 Å². The Morgan fingerprint density at radius 3 is 2.23 bits per heavy atom. The number of hydrogen-bond acceptors (Lipinski definition) is 5. The van der Waals surface area contributed by atoms with E-state index in [4.69, 9.17) is 5.11 Å². The van der Waals surface area contributed by atoms with Crippen LogP contribution >= 0.6 is 0 Å². The summed E-state index contributed by atoms with van der Waals surface area (Å²) in [5.74, 6) is -1.76. The molecule has 0 atom stereocenters. The van der Waals surface area contributed by atoms with Crippen LogP contribution in [-0.4, -0.2) is 37.9 Å². The van der Waals surface area contributed by atoms with E-state index in [-0.39, 0.29) is 23.7 Å². The van der Waals surface area contributed by atoms with Gasteiger partial charge in [0.2, 0.25) is 5.91 Å². The van der Waals surface area contributed by atoms with Crippen LogP contribution in [0.5, 0.6) is 0 Å². The number of hydrogen-bond donors (Lipinski definition) is 3. The Labute approximate surface area is 173 Å². The van der Waals surface area contributed by atoms with Gasteiger partial charge in [-0.05, 0) is 28.7 Å². The first kappa shape index (κ1) is 21.3. The summed E-state index contributed by atoms with van der Waals surface area (Å²) < 4.78 is 25.6. The molecule has 0 fully saturated rings. The van der Waals surface area contributed by atoms with Crippen LogP contribution in [0.4, 0.5) is 0 Å². The number of sulfonamides is 1. The average Bonchev–Trinajstić information content (AvgIpc) is 2.94. The summed E-state index contributed by atoms with van der Waals surface area (Å²) in [6, 6.07) is 13.6. The second-order valence-electron chi connectivity index (χ2n) is 6.84. The van der Waals surface area contributed by atoms with Gasteiger partial charge >= 0.3 is 5.97 Å². The van der Waals surface area contributed by atoms with Gasteiger partial charge in [-0.1, -0.05) is 48.5 Å². The Morgan fingerprint density at radius 2 is 1.63 bits per heavy atom. The molecule has 3 rings (SSSR count). The van der Waals surface area contributed by atoms with E-state index in [0.29, 0.717) is 24.1 Å². The molecule has 2 aromatic rings. The quantitative estimate of drug-likeness (QED) is 0.576. The number of rotatable bonds is 8. The van der Waals surface area contributed by atoms with Gasteiger partial charge in [-0.2, -0.15) is 0 Å². The van der Waals surface area contributed by atoms with Crippen LogP contribution < -0.4 is 10.0 Å². The lowest BCUT2D eigenvalue weighted by Crippen LogP contribution is -2.27. The molecule has 0 bridgehead atoms. The van der Waals surface area contributed by atoms with Gasteiger partial charge in [0, 0.05) is 12.6 Å². The summed E-state index contributed by atoms with van der Waals surface area (Å²) in [6.45, 7) is 0.397. The molecule has 0 saturated heterocycles. The van der Waals surface area contributed by atoms with Gasteiger partial charge in [0.25, 0.3) is 15.9 Å². The van der Waals surface area contributed by atoms with E-state index in [1.165, 1.54) is 0 Å². The maximum Gasteiger partial charge on any atom is 0.307 e. The van der Waals surface area contributed by atoms with Crippen LogP contribution in [-0.2, 0) is 43.7 Å². The van der Waals surface area contributed by atoms with E-state index in [0.717, 1.165) is 17.2 Å². The summed E-state index contributed by atoms with van der Waals surface area (Å²) in [5.41, 5.74) is 2.70. The lowest BCUT2D eigenvalue weighted by atomic mass is 10.1. The minimum absolute atomic E-state index is 0.0579. The molecule has 0 aliphatic carbocycles. The molecule has 2 aromatic carbocycles. The fourth-order valence-corrected chi connectivity index (χ4v) is 4.25. The summed E-state index contributed by atoms with van der Waals surface area (Å²) in [5, 5.41) is 11.7. The van der Waals surface area contributed by atoms with Gasteiger partial charge in [0.15, 0.2) is 0 Å². The highest BCUT2D eigenvalue weighted by Crippen LogP contribution is 2.24. The number of nitrogens with one attached hydrogen (secondary N) is 2. The largest absolute Gasteiger partial charge is 0.481 e. The first-order valence-corrected chi connectivity index (χ1v) is 10.7. The molecule has 9 heteroatoms. The summed E-state index contributed by atoms with van der Waals surface area (Å²) in [4.78, 5) is 34.1. The zero-order valence-electron chi connectivity index (χ0n) is 15.9. The lowest BCUT2D eigenvalue weighted by molar-refractivity contribution is -0.136. The monoisotopic (exact) mass is 428 g/mol. The van der Waals surface area contributed by atoms with Crippen molar-refractivity contribution in [3.05, 3.63) is 76.9 Å². The normalized spacial score (nSPS) is 14.7. The van der Waals surface area contributed by atoms with Crippen molar-refractivity contribution in [3.63, 3.8) is 0 Å². The third-order valence-electron chi connectivity index (χ3n) is 4.47. The van der Waals surface area contributed by atoms with Crippen molar-refractivity contribution in [2.75, 3.05) is 6.54 Å². The molecule has 30 heavy (non-hydrogen) atoms. The van der Waals surface area contributed by atoms with Crippen LogP contribution in [0.2, 0.25) is 0 Å². The molecular weight excluding hydrogens is 408 g/mol. The lowest BCUT2D eigenvalue weighted by Gasteiger charge is -2.08. The van der Waals surface area contributed by atoms with Crippen LogP contribution in [0.3, 0.4) is 0 Å². The molecule has 0 saturated carbocycles. The zero-order chi connectivity index (χ0) is 21.7. The van der Waals surface area contributed by atoms with Crippen molar-refractivity contribution < 1.29 is 27.9 Å². The number of carbonyl (C=O) groups is 3. The maximum absolute atomic E-state index is 12.1. The first-order chi connectivity index (χ1) is 14.2. The molecule has 2 amide bonds. The Morgan fingerprint density at radius 1 is 0.967 bits per heavy atom. The summed E-state index contributed by atoms with van der Waals surface area (Å²) >= 11 is 0. The summed E-state index contributed by atoms with van der Waals surface area (Å²) in [6.07, 6.45) is 1.66. The standard InChI is InChI=1S/C21H20N2O6S/c24-19(11-15-2-1-3-16(10-15)12-21(26)27)22-9-8-14-4-6-17(7-5-14)18-13-20(25)23-30(18,28)29/h1-7,10,13H,8-9,11-12H2,(H,22,24)(H,23,25)(H,26,27). The smallest absolute Gasteiger partial charge is 0.307 e. The SMILES string of the molecule is O=C(O)Cc1cccc(CC(=O)NCCc2ccc(C3=CC(=O)NS3(=O)=O)cc2)c1. The van der Waals surface area contributed by atoms with Crippen molar-refractivity contribution in [2.24, 2.45) is 0 Å². The first-order valence-electron chi connectivity index (χ1n) is 9.17. The predicted octanol–water partition coefficient (Wildman–Crippen LogP) is 1.02. The van der Waals surface area contributed by atoms with Gasteiger partial charge in [-0.15, -0.1) is 0 Å². The zero-order valence-corrected chi connectivity index (χ0v) is 16.7. The highest BCUT2D eigenvalue weighted by atomic mass is 32.2. The maximum atomic E-state index is 12.1. The molecule has 156 valence electrons. The molecule has 1 aliphatic heterocycles. The van der Waals surface area contributed by atoms with Gasteiger partial charge in [-0.3, -0.25) is 14.4 Å². The van der Waals surface area contributed by atoms with Gasteiger partial charge in [-0.25, -0.2) is 13.1 Å². The number of carbonyl (C=O) groups excluding carboxylic acids is 2. The third-order valence-corrected chi connectivity index (χ3v) is 5.87. The number of benzene rings is 2. The Kier molecular flexibility index (Phi) is 6.31. The van der Waals surface area contributed by atoms with Crippen LogP contribution in [0.1, 0.15) is 22.3 Å². The van der Waals surface area contributed by atoms with Crippen molar-refractivity contribution in [1.82, 2.24) is 10.0 Å². The number of aliphatic carboxylic acids is 1. The second-order valence-corrected chi connectivity index (χ2v) is 8.49. The van der Waals surface area contributed by atoms with Crippen LogP contribution in [0.15, 0.2) is 54.6 Å². The predicted molar refractivity (Wildman–Crippen MR) is 110 cm³/mol. The minimum atomic E-state index is -3.80. The van der Waals surface area contributed by atoms with Crippen molar-refractivity contribution in [2.45, 2.75) is 19.3 Å². The molecule has 3 N–H and O–H groups in total. The number of amides is 2. The highest BCUT2D eigenvalue weighted by molar-refractivity contribution is 7.99. The number of carboxylic acids is 1. The Hall–Kier alpha value is -3.46. The molecule has 1 aliphatic rings. The highest BCUT2D eigenvalue weighted by Gasteiger charge is 2.28. The Balaban J connectivity index is 1.51. The molecule has 0 unspecified atom stereocenters. The summed E-state index contributed by atoms with van der Waals surface area (Å²) in [7, 11) is -3.80. The third kappa shape index (κ3) is 5.54. The second kappa shape index (κ2) is 8.91. The van der Waals surface area contributed by atoms with E-state index in [2.05, 4.69) is 5.32 Å². The van der Waals surface area contributed by atoms with E-state index >= 15 is 0 Å². The fourth-order valence-electron chi connectivity index (χ4n) is 3.11.